The minimum absolute atomic E-state index is 0.159. The fourth-order valence-corrected chi connectivity index (χ4v) is 2.70. The van der Waals surface area contributed by atoms with E-state index in [9.17, 15) is 4.79 Å². The smallest absolute Gasteiger partial charge is 0.244 e. The molecule has 1 heterocycles. The zero-order chi connectivity index (χ0) is 19.9. The lowest BCUT2D eigenvalue weighted by Gasteiger charge is -2.09. The van der Waals surface area contributed by atoms with Gasteiger partial charge >= 0.3 is 0 Å². The Kier molecular flexibility index (Phi) is 6.34. The van der Waals surface area contributed by atoms with Gasteiger partial charge in [0.2, 0.25) is 5.91 Å². The highest BCUT2D eigenvalue weighted by Crippen LogP contribution is 2.27. The number of amides is 1. The molecule has 0 spiro atoms. The van der Waals surface area contributed by atoms with Crippen LogP contribution in [0.3, 0.4) is 0 Å². The second-order valence-corrected chi connectivity index (χ2v) is 6.30. The maximum absolute atomic E-state index is 12.1. The van der Waals surface area contributed by atoms with E-state index in [1.165, 1.54) is 6.21 Å². The normalized spacial score (nSPS) is 10.8. The molecule has 0 saturated heterocycles. The molecular formula is C21H19ClN2O4. The molecule has 6 nitrogen and oxygen atoms in total. The Balaban J connectivity index is 1.57. The second-order valence-electron chi connectivity index (χ2n) is 5.87. The van der Waals surface area contributed by atoms with Gasteiger partial charge in [0.1, 0.15) is 11.5 Å². The predicted octanol–water partition coefficient (Wildman–Crippen LogP) is 4.31. The monoisotopic (exact) mass is 398 g/mol. The van der Waals surface area contributed by atoms with Gasteiger partial charge in [0.25, 0.3) is 0 Å². The highest BCUT2D eigenvalue weighted by atomic mass is 35.5. The van der Waals surface area contributed by atoms with Gasteiger partial charge in [-0.15, -0.1) is 0 Å². The zero-order valence-electron chi connectivity index (χ0n) is 15.4. The van der Waals surface area contributed by atoms with Crippen LogP contribution < -0.4 is 14.9 Å². The van der Waals surface area contributed by atoms with Crippen molar-refractivity contribution >= 4 is 23.7 Å². The van der Waals surface area contributed by atoms with Crippen molar-refractivity contribution in [2.75, 3.05) is 14.2 Å². The molecule has 0 unspecified atom stereocenters. The van der Waals surface area contributed by atoms with Gasteiger partial charge in [0, 0.05) is 10.6 Å². The van der Waals surface area contributed by atoms with E-state index in [2.05, 4.69) is 10.5 Å². The van der Waals surface area contributed by atoms with E-state index < -0.39 is 0 Å². The van der Waals surface area contributed by atoms with Crippen LogP contribution in [0.2, 0.25) is 5.02 Å². The van der Waals surface area contributed by atoms with E-state index in [0.29, 0.717) is 28.0 Å². The molecule has 0 atom stereocenters. The molecule has 7 heteroatoms. The van der Waals surface area contributed by atoms with E-state index in [-0.39, 0.29) is 12.3 Å². The van der Waals surface area contributed by atoms with Gasteiger partial charge in [-0.2, -0.15) is 5.10 Å². The van der Waals surface area contributed by atoms with E-state index in [4.69, 9.17) is 25.5 Å². The van der Waals surface area contributed by atoms with Gasteiger partial charge in [0.15, 0.2) is 11.5 Å². The lowest BCUT2D eigenvalue weighted by molar-refractivity contribution is -0.120. The molecule has 0 radical (unpaired) electrons. The minimum Gasteiger partial charge on any atom is -0.493 e. The van der Waals surface area contributed by atoms with Crippen LogP contribution in [0.4, 0.5) is 0 Å². The van der Waals surface area contributed by atoms with Crippen LogP contribution in [0.5, 0.6) is 11.5 Å². The number of ether oxygens (including phenoxy) is 2. The SMILES string of the molecule is COc1ccc(CC(=O)NN=Cc2ccc(-c3ccc(Cl)cc3)o2)cc1OC. The molecule has 2 aromatic carbocycles. The first-order valence-corrected chi connectivity index (χ1v) is 8.85. The lowest BCUT2D eigenvalue weighted by atomic mass is 10.1. The summed E-state index contributed by atoms with van der Waals surface area (Å²) < 4.78 is 16.1. The third-order valence-electron chi connectivity index (χ3n) is 3.95. The van der Waals surface area contributed by atoms with Crippen LogP contribution in [-0.4, -0.2) is 26.3 Å². The first kappa shape index (κ1) is 19.5. The van der Waals surface area contributed by atoms with Crippen molar-refractivity contribution in [2.45, 2.75) is 6.42 Å². The first-order valence-electron chi connectivity index (χ1n) is 8.47. The lowest BCUT2D eigenvalue weighted by Crippen LogP contribution is -2.19. The van der Waals surface area contributed by atoms with Crippen molar-refractivity contribution in [1.82, 2.24) is 5.43 Å². The number of furan rings is 1. The molecule has 1 amide bonds. The number of carbonyl (C=O) groups is 1. The number of hydrazone groups is 1. The summed E-state index contributed by atoms with van der Waals surface area (Å²) in [5.74, 6) is 2.14. The van der Waals surface area contributed by atoms with Gasteiger partial charge in [-0.3, -0.25) is 4.79 Å². The molecule has 0 bridgehead atoms. The number of methoxy groups -OCH3 is 2. The van der Waals surface area contributed by atoms with Crippen LogP contribution in [-0.2, 0) is 11.2 Å². The van der Waals surface area contributed by atoms with Crippen molar-refractivity contribution in [3.05, 3.63) is 70.9 Å². The summed E-state index contributed by atoms with van der Waals surface area (Å²) in [5, 5.41) is 4.60. The number of hydrogen-bond acceptors (Lipinski definition) is 5. The maximum atomic E-state index is 12.1. The summed E-state index contributed by atoms with van der Waals surface area (Å²) in [6.07, 6.45) is 1.61. The number of benzene rings is 2. The Hall–Kier alpha value is -3.25. The maximum Gasteiger partial charge on any atom is 0.244 e. The summed E-state index contributed by atoms with van der Waals surface area (Å²) in [6, 6.07) is 16.2. The van der Waals surface area contributed by atoms with Crippen molar-refractivity contribution in [1.29, 1.82) is 0 Å². The van der Waals surface area contributed by atoms with Gasteiger partial charge in [0.05, 0.1) is 26.9 Å². The molecule has 1 N–H and O–H groups in total. The Bertz CT molecular complexity index is 980. The summed E-state index contributed by atoms with van der Waals surface area (Å²) in [5.41, 5.74) is 4.17. The van der Waals surface area contributed by atoms with E-state index >= 15 is 0 Å². The van der Waals surface area contributed by atoms with Crippen molar-refractivity contribution in [3.8, 4) is 22.8 Å². The molecule has 3 rings (SSSR count). The van der Waals surface area contributed by atoms with Crippen molar-refractivity contribution in [2.24, 2.45) is 5.10 Å². The third kappa shape index (κ3) is 4.92. The Morgan fingerprint density at radius 2 is 1.82 bits per heavy atom. The van der Waals surface area contributed by atoms with E-state index in [1.807, 2.05) is 18.2 Å². The average Bonchev–Trinajstić information content (AvgIpc) is 3.17. The summed E-state index contributed by atoms with van der Waals surface area (Å²) in [4.78, 5) is 12.1. The Morgan fingerprint density at radius 1 is 1.07 bits per heavy atom. The topological polar surface area (TPSA) is 73.1 Å². The standard InChI is InChI=1S/C21H19ClN2O4/c1-26-19-9-3-14(11-20(19)27-2)12-21(25)24-23-13-17-8-10-18(28-17)15-4-6-16(22)7-5-15/h3-11,13H,12H2,1-2H3,(H,24,25). The predicted molar refractivity (Wildman–Crippen MR) is 108 cm³/mol. The van der Waals surface area contributed by atoms with Crippen molar-refractivity contribution in [3.63, 3.8) is 0 Å². The molecular weight excluding hydrogens is 380 g/mol. The Labute approximate surface area is 167 Å². The van der Waals surface area contributed by atoms with Gasteiger partial charge in [-0.05, 0) is 54.1 Å². The van der Waals surface area contributed by atoms with E-state index in [0.717, 1.165) is 11.1 Å². The van der Waals surface area contributed by atoms with Crippen LogP contribution in [0, 0.1) is 0 Å². The number of nitrogens with one attached hydrogen (secondary N) is 1. The fourth-order valence-electron chi connectivity index (χ4n) is 2.57. The molecule has 0 saturated carbocycles. The third-order valence-corrected chi connectivity index (χ3v) is 4.20. The number of halogens is 1. The Morgan fingerprint density at radius 3 is 2.54 bits per heavy atom. The molecule has 28 heavy (non-hydrogen) atoms. The summed E-state index contributed by atoms with van der Waals surface area (Å²) in [6.45, 7) is 0. The second kappa shape index (κ2) is 9.10. The van der Waals surface area contributed by atoms with Crippen LogP contribution in [0.1, 0.15) is 11.3 Å². The van der Waals surface area contributed by atoms with Gasteiger partial charge in [-0.25, -0.2) is 5.43 Å². The number of carbonyl (C=O) groups excluding carboxylic acids is 1. The van der Waals surface area contributed by atoms with E-state index in [1.54, 1.807) is 50.6 Å². The molecule has 0 fully saturated rings. The van der Waals surface area contributed by atoms with Crippen molar-refractivity contribution < 1.29 is 18.7 Å². The minimum atomic E-state index is -0.257. The molecule has 0 aliphatic rings. The quantitative estimate of drug-likeness (QED) is 0.475. The van der Waals surface area contributed by atoms with Crippen LogP contribution in [0.15, 0.2) is 64.1 Å². The van der Waals surface area contributed by atoms with Crippen LogP contribution >= 0.6 is 11.6 Å². The molecule has 0 aliphatic carbocycles. The fraction of sp³-hybridized carbons (Fsp3) is 0.143. The highest BCUT2D eigenvalue weighted by molar-refractivity contribution is 6.30. The summed E-state index contributed by atoms with van der Waals surface area (Å²) >= 11 is 5.89. The van der Waals surface area contributed by atoms with Gasteiger partial charge < -0.3 is 13.9 Å². The molecule has 144 valence electrons. The zero-order valence-corrected chi connectivity index (χ0v) is 16.2. The highest BCUT2D eigenvalue weighted by Gasteiger charge is 2.08. The van der Waals surface area contributed by atoms with Gasteiger partial charge in [-0.1, -0.05) is 17.7 Å². The number of hydrogen-bond donors (Lipinski definition) is 1. The molecule has 1 aromatic heterocycles. The number of nitrogens with zero attached hydrogens (tertiary/aromatic N) is 1. The number of rotatable bonds is 7. The largest absolute Gasteiger partial charge is 0.493 e. The molecule has 3 aromatic rings. The first-order chi connectivity index (χ1) is 13.6. The van der Waals surface area contributed by atoms with Crippen LogP contribution in [0.25, 0.3) is 11.3 Å². The molecule has 0 aliphatic heterocycles. The average molecular weight is 399 g/mol. The summed E-state index contributed by atoms with van der Waals surface area (Å²) in [7, 11) is 3.11.